The molecule has 0 heterocycles. The number of anilines is 1. The summed E-state index contributed by atoms with van der Waals surface area (Å²) < 4.78 is 5.40. The smallest absolute Gasteiger partial charge is 0.230 e. The second kappa shape index (κ2) is 6.06. The molecule has 1 rings (SSSR count). The van der Waals surface area contributed by atoms with Crippen molar-refractivity contribution in [2.45, 2.75) is 27.7 Å². The van der Waals surface area contributed by atoms with Crippen LogP contribution in [-0.4, -0.2) is 26.6 Å². The average Bonchev–Trinajstić information content (AvgIpc) is 2.40. The van der Waals surface area contributed by atoms with Crippen molar-refractivity contribution in [2.75, 3.05) is 25.6 Å². The van der Waals surface area contributed by atoms with Gasteiger partial charge >= 0.3 is 0 Å². The second-order valence-corrected chi connectivity index (χ2v) is 5.03. The monoisotopic (exact) mass is 264 g/mol. The number of carbonyl (C=O) groups excluding carboxylic acids is 1. The predicted molar refractivity (Wildman–Crippen MR) is 78.8 cm³/mol. The second-order valence-electron chi connectivity index (χ2n) is 5.03. The highest BCUT2D eigenvalue weighted by Gasteiger charge is 2.21. The molecule has 4 heteroatoms. The molecule has 2 N–H and O–H groups in total. The van der Waals surface area contributed by atoms with Gasteiger partial charge in [-0.3, -0.25) is 4.79 Å². The van der Waals surface area contributed by atoms with E-state index in [0.717, 1.165) is 28.1 Å². The summed E-state index contributed by atoms with van der Waals surface area (Å²) in [5.74, 6) is 0.746. The van der Waals surface area contributed by atoms with E-state index < -0.39 is 0 Å². The van der Waals surface area contributed by atoms with Crippen LogP contribution in [0.3, 0.4) is 0 Å². The molecular weight excluding hydrogens is 240 g/mol. The summed E-state index contributed by atoms with van der Waals surface area (Å²) in [6.45, 7) is 8.20. The van der Waals surface area contributed by atoms with Crippen LogP contribution >= 0.6 is 0 Å². The van der Waals surface area contributed by atoms with Gasteiger partial charge in [-0.2, -0.15) is 0 Å². The van der Waals surface area contributed by atoms with Crippen LogP contribution < -0.4 is 15.4 Å². The van der Waals surface area contributed by atoms with Crippen LogP contribution in [0.1, 0.15) is 23.6 Å². The maximum atomic E-state index is 12.2. The Hall–Kier alpha value is -1.55. The zero-order valence-corrected chi connectivity index (χ0v) is 12.7. The van der Waals surface area contributed by atoms with Gasteiger partial charge in [0.1, 0.15) is 5.75 Å². The molecular formula is C15H24N2O2. The summed E-state index contributed by atoms with van der Waals surface area (Å²) in [6, 6.07) is 1.99. The van der Waals surface area contributed by atoms with Crippen LogP contribution in [0.15, 0.2) is 6.07 Å². The molecule has 0 radical (unpaired) electrons. The summed E-state index contributed by atoms with van der Waals surface area (Å²) in [4.78, 5) is 13.9. The number of nitrogens with two attached hydrogens (primary N) is 1. The standard InChI is InChI=1S/C15H24N2O2/c1-9-7-13(11(3)12(4)14(9)19-6)17(5)15(18)10(2)8-16/h7,10H,8,16H2,1-6H3. The highest BCUT2D eigenvalue weighted by atomic mass is 16.5. The number of nitrogens with zero attached hydrogens (tertiary/aromatic N) is 1. The maximum absolute atomic E-state index is 12.2. The number of hydrogen-bond donors (Lipinski definition) is 1. The molecule has 0 bridgehead atoms. The lowest BCUT2D eigenvalue weighted by Crippen LogP contribution is -2.35. The van der Waals surface area contributed by atoms with E-state index in [0.29, 0.717) is 6.54 Å². The lowest BCUT2D eigenvalue weighted by Gasteiger charge is -2.25. The molecule has 1 amide bonds. The minimum atomic E-state index is -0.174. The Morgan fingerprint density at radius 3 is 2.42 bits per heavy atom. The fourth-order valence-electron chi connectivity index (χ4n) is 2.25. The number of hydrogen-bond acceptors (Lipinski definition) is 3. The van der Waals surface area contributed by atoms with Crippen LogP contribution in [0.5, 0.6) is 5.75 Å². The number of amides is 1. The van der Waals surface area contributed by atoms with Crippen LogP contribution in [0.2, 0.25) is 0 Å². The van der Waals surface area contributed by atoms with E-state index >= 15 is 0 Å². The van der Waals surface area contributed by atoms with Crippen molar-refractivity contribution in [1.82, 2.24) is 0 Å². The molecule has 1 atom stereocenters. The normalized spacial score (nSPS) is 12.2. The summed E-state index contributed by atoms with van der Waals surface area (Å²) in [5, 5.41) is 0. The lowest BCUT2D eigenvalue weighted by molar-refractivity contribution is -0.121. The lowest BCUT2D eigenvalue weighted by atomic mass is 10.0. The minimum absolute atomic E-state index is 0.0366. The molecule has 0 fully saturated rings. The zero-order valence-electron chi connectivity index (χ0n) is 12.7. The molecule has 0 saturated carbocycles. The first-order valence-corrected chi connectivity index (χ1v) is 6.47. The highest BCUT2D eigenvalue weighted by Crippen LogP contribution is 2.33. The molecule has 0 spiro atoms. The topological polar surface area (TPSA) is 55.6 Å². The van der Waals surface area contributed by atoms with E-state index in [1.54, 1.807) is 19.1 Å². The van der Waals surface area contributed by atoms with Crippen LogP contribution in [0.4, 0.5) is 5.69 Å². The van der Waals surface area contributed by atoms with Crippen molar-refractivity contribution >= 4 is 11.6 Å². The van der Waals surface area contributed by atoms with Crippen molar-refractivity contribution < 1.29 is 9.53 Å². The quantitative estimate of drug-likeness (QED) is 0.907. The van der Waals surface area contributed by atoms with Crippen molar-refractivity contribution in [3.63, 3.8) is 0 Å². The van der Waals surface area contributed by atoms with E-state index in [-0.39, 0.29) is 11.8 Å². The van der Waals surface area contributed by atoms with Crippen molar-refractivity contribution in [2.24, 2.45) is 11.7 Å². The third-order valence-electron chi connectivity index (χ3n) is 3.67. The van der Waals surface area contributed by atoms with Crippen molar-refractivity contribution in [3.05, 3.63) is 22.8 Å². The number of benzene rings is 1. The molecule has 0 aliphatic carbocycles. The molecule has 0 aromatic heterocycles. The number of rotatable bonds is 4. The minimum Gasteiger partial charge on any atom is -0.496 e. The Labute approximate surface area is 115 Å². The van der Waals surface area contributed by atoms with Gasteiger partial charge in [0.05, 0.1) is 7.11 Å². The average molecular weight is 264 g/mol. The summed E-state index contributed by atoms with van der Waals surface area (Å²) in [5.41, 5.74) is 9.64. The maximum Gasteiger partial charge on any atom is 0.230 e. The van der Waals surface area contributed by atoms with E-state index in [1.807, 2.05) is 33.8 Å². The largest absolute Gasteiger partial charge is 0.496 e. The van der Waals surface area contributed by atoms with Gasteiger partial charge < -0.3 is 15.4 Å². The first kappa shape index (κ1) is 15.5. The van der Waals surface area contributed by atoms with E-state index in [4.69, 9.17) is 10.5 Å². The molecule has 4 nitrogen and oxygen atoms in total. The predicted octanol–water partition coefficient (Wildman–Crippen LogP) is 2.18. The molecule has 19 heavy (non-hydrogen) atoms. The van der Waals surface area contributed by atoms with Crippen molar-refractivity contribution in [3.8, 4) is 5.75 Å². The van der Waals surface area contributed by atoms with E-state index in [1.165, 1.54) is 0 Å². The van der Waals surface area contributed by atoms with Gasteiger partial charge in [0.25, 0.3) is 0 Å². The van der Waals surface area contributed by atoms with Gasteiger partial charge in [0.15, 0.2) is 0 Å². The Morgan fingerprint density at radius 2 is 1.95 bits per heavy atom. The summed E-state index contributed by atoms with van der Waals surface area (Å²) in [6.07, 6.45) is 0. The molecule has 1 aromatic rings. The van der Waals surface area contributed by atoms with Crippen molar-refractivity contribution in [1.29, 1.82) is 0 Å². The molecule has 106 valence electrons. The first-order chi connectivity index (χ1) is 8.84. The molecule has 1 aromatic carbocycles. The fourth-order valence-corrected chi connectivity index (χ4v) is 2.25. The molecule has 0 saturated heterocycles. The van der Waals surface area contributed by atoms with E-state index in [2.05, 4.69) is 0 Å². The van der Waals surface area contributed by atoms with Gasteiger partial charge in [0.2, 0.25) is 5.91 Å². The Bertz CT molecular complexity index is 484. The molecule has 0 aliphatic heterocycles. The van der Waals surface area contributed by atoms with Gasteiger partial charge in [-0.15, -0.1) is 0 Å². The van der Waals surface area contributed by atoms with Crippen LogP contribution in [0, 0.1) is 26.7 Å². The number of ether oxygens (including phenoxy) is 1. The molecule has 1 unspecified atom stereocenters. The Morgan fingerprint density at radius 1 is 1.37 bits per heavy atom. The van der Waals surface area contributed by atoms with Crippen LogP contribution in [-0.2, 0) is 4.79 Å². The first-order valence-electron chi connectivity index (χ1n) is 6.47. The zero-order chi connectivity index (χ0) is 14.7. The number of aryl methyl sites for hydroxylation is 1. The summed E-state index contributed by atoms with van der Waals surface area (Å²) >= 11 is 0. The number of methoxy groups -OCH3 is 1. The SMILES string of the molecule is COc1c(C)cc(N(C)C(=O)C(C)CN)c(C)c1C. The fraction of sp³-hybridized carbons (Fsp3) is 0.533. The van der Waals surface area contributed by atoms with Gasteiger partial charge in [-0.1, -0.05) is 6.92 Å². The van der Waals surface area contributed by atoms with Gasteiger partial charge in [-0.25, -0.2) is 0 Å². The third kappa shape index (κ3) is 2.89. The summed E-state index contributed by atoms with van der Waals surface area (Å²) in [7, 11) is 3.46. The number of carbonyl (C=O) groups is 1. The highest BCUT2D eigenvalue weighted by molar-refractivity contribution is 5.95. The van der Waals surface area contributed by atoms with Gasteiger partial charge in [0, 0.05) is 25.2 Å². The third-order valence-corrected chi connectivity index (χ3v) is 3.67. The van der Waals surface area contributed by atoms with Crippen LogP contribution in [0.25, 0.3) is 0 Å². The van der Waals surface area contributed by atoms with Gasteiger partial charge in [-0.05, 0) is 43.5 Å². The Balaban J connectivity index is 3.25. The van der Waals surface area contributed by atoms with E-state index in [9.17, 15) is 4.79 Å². The molecule has 0 aliphatic rings. The Kier molecular flexibility index (Phi) is 4.95.